The van der Waals surface area contributed by atoms with E-state index in [0.717, 1.165) is 6.07 Å². The largest absolute Gasteiger partial charge is 0.371 e. The first kappa shape index (κ1) is 19.2. The van der Waals surface area contributed by atoms with E-state index in [1.807, 2.05) is 0 Å². The Kier molecular flexibility index (Phi) is 5.78. The van der Waals surface area contributed by atoms with Gasteiger partial charge in [-0.2, -0.15) is 0 Å². The fourth-order valence-electron chi connectivity index (χ4n) is 2.03. The summed E-state index contributed by atoms with van der Waals surface area (Å²) in [6.45, 7) is -0.151. The molecular formula is C16H18N4O5S. The van der Waals surface area contributed by atoms with Gasteiger partial charge in [0.05, 0.1) is 16.4 Å². The lowest BCUT2D eigenvalue weighted by Crippen LogP contribution is -2.28. The van der Waals surface area contributed by atoms with E-state index in [2.05, 4.69) is 10.0 Å². The van der Waals surface area contributed by atoms with Gasteiger partial charge in [0.2, 0.25) is 5.91 Å². The van der Waals surface area contributed by atoms with Crippen LogP contribution in [0.1, 0.15) is 0 Å². The van der Waals surface area contributed by atoms with Crippen LogP contribution in [0.15, 0.2) is 53.4 Å². The molecule has 0 heterocycles. The van der Waals surface area contributed by atoms with Crippen LogP contribution in [0.4, 0.5) is 17.1 Å². The van der Waals surface area contributed by atoms with Gasteiger partial charge >= 0.3 is 0 Å². The maximum absolute atomic E-state index is 12.4. The van der Waals surface area contributed by atoms with Crippen LogP contribution < -0.4 is 10.0 Å². The Morgan fingerprint density at radius 2 is 1.81 bits per heavy atom. The lowest BCUT2D eigenvalue weighted by Gasteiger charge is -2.13. The molecule has 26 heavy (non-hydrogen) atoms. The molecule has 0 saturated carbocycles. The minimum absolute atomic E-state index is 0.0591. The summed E-state index contributed by atoms with van der Waals surface area (Å²) in [6, 6.07) is 11.6. The number of benzene rings is 2. The second-order valence-corrected chi connectivity index (χ2v) is 7.23. The first-order chi connectivity index (χ1) is 12.2. The van der Waals surface area contributed by atoms with Crippen molar-refractivity contribution < 1.29 is 18.1 Å². The van der Waals surface area contributed by atoms with Crippen LogP contribution in [0.25, 0.3) is 0 Å². The zero-order valence-electron chi connectivity index (χ0n) is 14.2. The molecule has 0 aromatic heterocycles. The summed E-state index contributed by atoms with van der Waals surface area (Å²) in [6.07, 6.45) is 0. The van der Waals surface area contributed by atoms with Crippen LogP contribution in [0.5, 0.6) is 0 Å². The summed E-state index contributed by atoms with van der Waals surface area (Å²) in [5.41, 5.74) is -0.0368. The summed E-state index contributed by atoms with van der Waals surface area (Å²) in [5, 5.41) is 13.9. The van der Waals surface area contributed by atoms with Crippen molar-refractivity contribution in [1.82, 2.24) is 4.90 Å². The number of sulfonamides is 1. The zero-order valence-corrected chi connectivity index (χ0v) is 15.0. The first-order valence-corrected chi connectivity index (χ1v) is 8.99. The number of amides is 1. The molecular weight excluding hydrogens is 360 g/mol. The highest BCUT2D eigenvalue weighted by Gasteiger charge is 2.22. The van der Waals surface area contributed by atoms with Gasteiger partial charge in [-0.1, -0.05) is 18.2 Å². The van der Waals surface area contributed by atoms with Gasteiger partial charge < -0.3 is 10.2 Å². The standard InChI is InChI=1S/C16H18N4O5S/c1-19(2)16(21)11-17-14-9-8-13(10-15(14)20(22)23)26(24,25)18-12-6-4-3-5-7-12/h3-10,17-18H,11H2,1-2H3. The Morgan fingerprint density at radius 3 is 2.38 bits per heavy atom. The SMILES string of the molecule is CN(C)C(=O)CNc1ccc(S(=O)(=O)Nc2ccccc2)cc1[N+](=O)[O-]. The molecule has 2 aromatic carbocycles. The van der Waals surface area contributed by atoms with Crippen LogP contribution in [0.3, 0.4) is 0 Å². The molecule has 2 rings (SSSR count). The predicted octanol–water partition coefficient (Wildman–Crippen LogP) is 1.90. The van der Waals surface area contributed by atoms with Crippen molar-refractivity contribution >= 4 is 33.0 Å². The van der Waals surface area contributed by atoms with Crippen molar-refractivity contribution in [3.63, 3.8) is 0 Å². The maximum atomic E-state index is 12.4. The molecule has 0 spiro atoms. The number of nitro benzene ring substituents is 1. The van der Waals surface area contributed by atoms with E-state index in [1.54, 1.807) is 44.4 Å². The molecule has 138 valence electrons. The van der Waals surface area contributed by atoms with Gasteiger partial charge in [0.15, 0.2) is 0 Å². The summed E-state index contributed by atoms with van der Waals surface area (Å²) < 4.78 is 27.2. The fourth-order valence-corrected chi connectivity index (χ4v) is 3.11. The Balaban J connectivity index is 2.29. The number of anilines is 2. The third-order valence-electron chi connectivity index (χ3n) is 3.43. The van der Waals surface area contributed by atoms with Crippen LogP contribution in [0, 0.1) is 10.1 Å². The number of hydrogen-bond donors (Lipinski definition) is 2. The average Bonchev–Trinajstić information content (AvgIpc) is 2.59. The number of rotatable bonds is 7. The van der Waals surface area contributed by atoms with Crippen molar-refractivity contribution in [2.24, 2.45) is 0 Å². The number of para-hydroxylation sites is 1. The molecule has 0 aliphatic heterocycles. The van der Waals surface area contributed by atoms with Gasteiger partial charge in [-0.05, 0) is 24.3 Å². The third-order valence-corrected chi connectivity index (χ3v) is 4.81. The van der Waals surface area contributed by atoms with Gasteiger partial charge in [-0.3, -0.25) is 19.6 Å². The molecule has 9 nitrogen and oxygen atoms in total. The first-order valence-electron chi connectivity index (χ1n) is 7.51. The molecule has 0 atom stereocenters. The molecule has 10 heteroatoms. The predicted molar refractivity (Wildman–Crippen MR) is 97.5 cm³/mol. The molecule has 0 unspecified atom stereocenters. The van der Waals surface area contributed by atoms with Crippen molar-refractivity contribution in [2.45, 2.75) is 4.90 Å². The number of carbonyl (C=O) groups is 1. The third kappa shape index (κ3) is 4.70. The van der Waals surface area contributed by atoms with Crippen LogP contribution in [-0.4, -0.2) is 44.8 Å². The van der Waals surface area contributed by atoms with E-state index in [9.17, 15) is 23.3 Å². The van der Waals surface area contributed by atoms with E-state index >= 15 is 0 Å². The van der Waals surface area contributed by atoms with E-state index in [4.69, 9.17) is 0 Å². The molecule has 0 bridgehead atoms. The number of likely N-dealkylation sites (N-methyl/N-ethyl adjacent to an activating group) is 1. The monoisotopic (exact) mass is 378 g/mol. The minimum Gasteiger partial charge on any atom is -0.371 e. The lowest BCUT2D eigenvalue weighted by atomic mass is 10.2. The summed E-state index contributed by atoms with van der Waals surface area (Å²) >= 11 is 0. The van der Waals surface area contributed by atoms with Gasteiger partial charge in [0.1, 0.15) is 5.69 Å². The van der Waals surface area contributed by atoms with Crippen molar-refractivity contribution in [3.8, 4) is 0 Å². The normalized spacial score (nSPS) is 10.8. The molecule has 0 fully saturated rings. The minimum atomic E-state index is -3.99. The highest BCUT2D eigenvalue weighted by atomic mass is 32.2. The Hall–Kier alpha value is -3.14. The van der Waals surface area contributed by atoms with Crippen molar-refractivity contribution in [2.75, 3.05) is 30.7 Å². The van der Waals surface area contributed by atoms with Gasteiger partial charge in [0.25, 0.3) is 15.7 Å². The molecule has 2 N–H and O–H groups in total. The smallest absolute Gasteiger partial charge is 0.293 e. The van der Waals surface area contributed by atoms with E-state index in [1.165, 1.54) is 17.0 Å². The van der Waals surface area contributed by atoms with E-state index < -0.39 is 20.6 Å². The molecule has 0 aliphatic rings. The summed E-state index contributed by atoms with van der Waals surface area (Å²) in [7, 11) is -0.870. The molecule has 2 aromatic rings. The average molecular weight is 378 g/mol. The van der Waals surface area contributed by atoms with Crippen LogP contribution in [0.2, 0.25) is 0 Å². The van der Waals surface area contributed by atoms with E-state index in [-0.39, 0.29) is 23.0 Å². The summed E-state index contributed by atoms with van der Waals surface area (Å²) in [4.78, 5) is 23.3. The number of nitro groups is 1. The molecule has 0 saturated heterocycles. The second-order valence-electron chi connectivity index (χ2n) is 5.55. The number of hydrogen-bond acceptors (Lipinski definition) is 6. The van der Waals surface area contributed by atoms with Gasteiger partial charge in [-0.25, -0.2) is 8.42 Å². The van der Waals surface area contributed by atoms with Gasteiger partial charge in [0, 0.05) is 25.8 Å². The highest BCUT2D eigenvalue weighted by molar-refractivity contribution is 7.92. The molecule has 0 radical (unpaired) electrons. The second kappa shape index (κ2) is 7.83. The van der Waals surface area contributed by atoms with Gasteiger partial charge in [-0.15, -0.1) is 0 Å². The molecule has 0 aliphatic carbocycles. The van der Waals surface area contributed by atoms with Crippen molar-refractivity contribution in [1.29, 1.82) is 0 Å². The van der Waals surface area contributed by atoms with E-state index in [0.29, 0.717) is 5.69 Å². The summed E-state index contributed by atoms with van der Waals surface area (Å²) in [5.74, 6) is -0.276. The number of nitrogens with one attached hydrogen (secondary N) is 2. The van der Waals surface area contributed by atoms with Crippen LogP contribution >= 0.6 is 0 Å². The Morgan fingerprint density at radius 1 is 1.15 bits per heavy atom. The fraction of sp³-hybridized carbons (Fsp3) is 0.188. The lowest BCUT2D eigenvalue weighted by molar-refractivity contribution is -0.384. The Bertz CT molecular complexity index is 913. The zero-order chi connectivity index (χ0) is 19.3. The topological polar surface area (TPSA) is 122 Å². The number of carbonyl (C=O) groups excluding carboxylic acids is 1. The van der Waals surface area contributed by atoms with Crippen molar-refractivity contribution in [3.05, 3.63) is 58.6 Å². The quantitative estimate of drug-likeness (QED) is 0.560. The Labute approximate surface area is 150 Å². The molecule has 1 amide bonds. The van der Waals surface area contributed by atoms with Crippen LogP contribution in [-0.2, 0) is 14.8 Å². The number of nitrogens with zero attached hydrogens (tertiary/aromatic N) is 2. The highest BCUT2D eigenvalue weighted by Crippen LogP contribution is 2.28. The maximum Gasteiger partial charge on any atom is 0.293 e.